The van der Waals surface area contributed by atoms with Gasteiger partial charge in [-0.3, -0.25) is 4.79 Å². The first-order valence-corrected chi connectivity index (χ1v) is 10.0. The number of amides is 1. The fraction of sp³-hybridized carbons (Fsp3) is 0.333. The molecule has 2 aliphatic heterocycles. The van der Waals surface area contributed by atoms with Gasteiger partial charge in [0, 0.05) is 24.0 Å². The minimum Gasteiger partial charge on any atom is -0.493 e. The Kier molecular flexibility index (Phi) is 4.87. The third kappa shape index (κ3) is 2.89. The van der Waals surface area contributed by atoms with Crippen LogP contribution >= 0.6 is 11.8 Å². The van der Waals surface area contributed by atoms with Crippen LogP contribution in [0.5, 0.6) is 5.75 Å². The Morgan fingerprint density at radius 2 is 2.11 bits per heavy atom. The summed E-state index contributed by atoms with van der Waals surface area (Å²) in [6, 6.07) is 10.8. The van der Waals surface area contributed by atoms with Crippen molar-refractivity contribution in [3.05, 3.63) is 65.2 Å². The first kappa shape index (κ1) is 18.9. The molecule has 0 fully saturated rings. The number of carbonyl (C=O) groups is 1. The second kappa shape index (κ2) is 7.20. The van der Waals surface area contributed by atoms with Gasteiger partial charge in [-0.05, 0) is 30.7 Å². The van der Waals surface area contributed by atoms with Crippen molar-refractivity contribution < 1.29 is 18.3 Å². The lowest BCUT2D eigenvalue weighted by Gasteiger charge is -2.45. The van der Waals surface area contributed by atoms with Crippen LogP contribution in [0.25, 0.3) is 0 Å². The average Bonchev–Trinajstić information content (AvgIpc) is 3.08. The van der Waals surface area contributed by atoms with Crippen LogP contribution in [0.3, 0.4) is 0 Å². The van der Waals surface area contributed by atoms with Gasteiger partial charge in [-0.25, -0.2) is 13.8 Å². The maximum Gasteiger partial charge on any atom is 0.241 e. The summed E-state index contributed by atoms with van der Waals surface area (Å²) in [4.78, 5) is 11.8. The summed E-state index contributed by atoms with van der Waals surface area (Å²) in [6.07, 6.45) is 1.70. The first-order valence-electron chi connectivity index (χ1n) is 9.23. The maximum atomic E-state index is 14.5. The average molecular weight is 402 g/mol. The first-order chi connectivity index (χ1) is 13.5. The third-order valence-corrected chi connectivity index (χ3v) is 6.65. The molecule has 0 bridgehead atoms. The van der Waals surface area contributed by atoms with E-state index in [4.69, 9.17) is 4.74 Å². The van der Waals surface area contributed by atoms with Gasteiger partial charge in [0.2, 0.25) is 5.91 Å². The van der Waals surface area contributed by atoms with Crippen LogP contribution in [0.15, 0.2) is 47.6 Å². The number of hydrogen-bond acceptors (Lipinski definition) is 4. The van der Waals surface area contributed by atoms with Gasteiger partial charge in [-0.1, -0.05) is 43.3 Å². The minimum atomic E-state index is -0.842. The van der Waals surface area contributed by atoms with E-state index < -0.39 is 16.5 Å². The van der Waals surface area contributed by atoms with Crippen LogP contribution in [0.2, 0.25) is 0 Å². The van der Waals surface area contributed by atoms with E-state index in [-0.39, 0.29) is 17.4 Å². The van der Waals surface area contributed by atoms with E-state index in [1.165, 1.54) is 23.7 Å². The molecule has 0 N–H and O–H groups in total. The van der Waals surface area contributed by atoms with Crippen LogP contribution in [0.4, 0.5) is 8.78 Å². The Labute approximate surface area is 166 Å². The molecule has 4 rings (SSSR count). The van der Waals surface area contributed by atoms with E-state index in [9.17, 15) is 13.6 Å². The lowest BCUT2D eigenvalue weighted by molar-refractivity contribution is -0.134. The van der Waals surface area contributed by atoms with E-state index in [1.54, 1.807) is 0 Å². The molecule has 146 valence electrons. The van der Waals surface area contributed by atoms with Crippen molar-refractivity contribution in [3.63, 3.8) is 0 Å². The molecular formula is C21H20F2N2O2S. The van der Waals surface area contributed by atoms with E-state index in [0.717, 1.165) is 36.6 Å². The predicted molar refractivity (Wildman–Crippen MR) is 105 cm³/mol. The van der Waals surface area contributed by atoms with Crippen molar-refractivity contribution in [2.45, 2.75) is 31.6 Å². The van der Waals surface area contributed by atoms with Crippen molar-refractivity contribution in [1.82, 2.24) is 5.01 Å². The Bertz CT molecular complexity index is 965. The molecule has 0 saturated heterocycles. The number of thioether (sulfide) groups is 1. The Hall–Kier alpha value is -2.41. The van der Waals surface area contributed by atoms with E-state index in [2.05, 4.69) is 12.0 Å². The number of hydrogen-bond donors (Lipinski definition) is 0. The molecule has 1 amide bonds. The smallest absolute Gasteiger partial charge is 0.241 e. The van der Waals surface area contributed by atoms with E-state index in [1.807, 2.05) is 24.3 Å². The number of ether oxygens (including phenoxy) is 1. The van der Waals surface area contributed by atoms with Crippen LogP contribution in [0, 0.1) is 17.6 Å². The number of halogens is 2. The molecule has 0 unspecified atom stereocenters. The van der Waals surface area contributed by atoms with E-state index in [0.29, 0.717) is 17.4 Å². The molecular weight excluding hydrogens is 382 g/mol. The number of nitrogens with zero attached hydrogens (tertiary/aromatic N) is 2. The summed E-state index contributed by atoms with van der Waals surface area (Å²) in [5, 5.41) is 6.20. The molecule has 0 saturated carbocycles. The summed E-state index contributed by atoms with van der Waals surface area (Å²) in [6.45, 7) is 3.94. The summed E-state index contributed by atoms with van der Waals surface area (Å²) in [5.74, 6) is -0.728. The molecule has 2 heterocycles. The van der Waals surface area contributed by atoms with Crippen LogP contribution in [-0.2, 0) is 9.67 Å². The van der Waals surface area contributed by atoms with E-state index >= 15 is 0 Å². The number of hydrazone groups is 1. The zero-order valence-corrected chi connectivity index (χ0v) is 16.4. The molecule has 0 aromatic heterocycles. The zero-order valence-electron chi connectivity index (χ0n) is 15.6. The molecule has 2 atom stereocenters. The fourth-order valence-electron chi connectivity index (χ4n) is 3.92. The number of carbonyl (C=O) groups excluding carboxylic acids is 1. The highest BCUT2D eigenvalue weighted by Gasteiger charge is 2.56. The van der Waals surface area contributed by atoms with Crippen molar-refractivity contribution in [1.29, 1.82) is 0 Å². The summed E-state index contributed by atoms with van der Waals surface area (Å²) < 4.78 is 34.2. The molecule has 2 aromatic rings. The molecule has 1 spiro atoms. The molecule has 0 aliphatic carbocycles. The minimum absolute atomic E-state index is 0.0424. The molecule has 0 radical (unpaired) electrons. The second-order valence-electron chi connectivity index (χ2n) is 6.95. The SMILES string of the molecule is CCC[C@H]1COc2ccccc2[C@@]12SC(c1cc(F)ccc1F)=NN2C(C)=O. The Morgan fingerprint density at radius 3 is 2.86 bits per heavy atom. The fourth-order valence-corrected chi connectivity index (χ4v) is 5.49. The number of benzene rings is 2. The Balaban J connectivity index is 1.89. The number of rotatable bonds is 3. The van der Waals surface area contributed by atoms with Crippen molar-refractivity contribution >= 4 is 22.7 Å². The lowest BCUT2D eigenvalue weighted by Crippen LogP contribution is -2.50. The highest BCUT2D eigenvalue weighted by Crippen LogP contribution is 2.57. The van der Waals surface area contributed by atoms with Gasteiger partial charge in [0.05, 0.1) is 6.61 Å². The van der Waals surface area contributed by atoms with Crippen LogP contribution in [-0.4, -0.2) is 22.6 Å². The van der Waals surface area contributed by atoms with Gasteiger partial charge in [-0.2, -0.15) is 5.10 Å². The van der Waals surface area contributed by atoms with Gasteiger partial charge in [-0.15, -0.1) is 0 Å². The largest absolute Gasteiger partial charge is 0.493 e. The molecule has 28 heavy (non-hydrogen) atoms. The maximum absolute atomic E-state index is 14.5. The molecule has 4 nitrogen and oxygen atoms in total. The molecule has 7 heteroatoms. The standard InChI is InChI=1S/C21H20F2N2O2S/c1-3-6-14-12-27-19-8-5-4-7-17(19)21(14)25(13(2)26)24-20(28-21)16-11-15(22)9-10-18(16)23/h4-5,7-11,14H,3,6,12H2,1-2H3/t14-,21-/m0/s1. The van der Waals surface area contributed by atoms with Gasteiger partial charge in [0.15, 0.2) is 4.87 Å². The highest BCUT2D eigenvalue weighted by atomic mass is 32.2. The monoisotopic (exact) mass is 402 g/mol. The van der Waals surface area contributed by atoms with Gasteiger partial charge < -0.3 is 4.74 Å². The number of para-hydroxylation sites is 1. The Morgan fingerprint density at radius 1 is 1.32 bits per heavy atom. The topological polar surface area (TPSA) is 41.9 Å². The molecule has 2 aromatic carbocycles. The van der Waals surface area contributed by atoms with Gasteiger partial charge in [0.25, 0.3) is 0 Å². The normalized spacial score (nSPS) is 23.4. The quantitative estimate of drug-likeness (QED) is 0.735. The zero-order chi connectivity index (χ0) is 19.9. The van der Waals surface area contributed by atoms with Gasteiger partial charge in [0.1, 0.15) is 22.4 Å². The highest BCUT2D eigenvalue weighted by molar-refractivity contribution is 8.15. The van der Waals surface area contributed by atoms with Crippen LogP contribution < -0.4 is 4.74 Å². The van der Waals surface area contributed by atoms with Gasteiger partial charge >= 0.3 is 0 Å². The second-order valence-corrected chi connectivity index (χ2v) is 8.16. The van der Waals surface area contributed by atoms with Crippen LogP contribution in [0.1, 0.15) is 37.8 Å². The summed E-state index contributed by atoms with van der Waals surface area (Å²) in [5.41, 5.74) is 0.891. The van der Waals surface area contributed by atoms with Crippen molar-refractivity contribution in [2.24, 2.45) is 11.0 Å². The van der Waals surface area contributed by atoms with Crippen molar-refractivity contribution in [3.8, 4) is 5.75 Å². The third-order valence-electron chi connectivity index (χ3n) is 5.12. The summed E-state index contributed by atoms with van der Waals surface area (Å²) >= 11 is 1.31. The predicted octanol–water partition coefficient (Wildman–Crippen LogP) is 4.88. The lowest BCUT2D eigenvalue weighted by atomic mass is 9.86. The summed E-state index contributed by atoms with van der Waals surface area (Å²) in [7, 11) is 0. The molecule has 2 aliphatic rings. The van der Waals surface area contributed by atoms with Crippen molar-refractivity contribution in [2.75, 3.05) is 6.61 Å². The number of fused-ring (bicyclic) bond motifs is 2.